The van der Waals surface area contributed by atoms with Gasteiger partial charge in [-0.3, -0.25) is 5.10 Å². The Bertz CT molecular complexity index is 157. The number of hydrogen-bond acceptors (Lipinski definition) is 2. The van der Waals surface area contributed by atoms with Crippen molar-refractivity contribution in [2.45, 2.75) is 19.9 Å². The van der Waals surface area contributed by atoms with Crippen molar-refractivity contribution in [2.75, 3.05) is 6.54 Å². The molecule has 10 heavy (non-hydrogen) atoms. The average Bonchev–Trinajstić information content (AvgIpc) is 2.41. The Kier molecular flexibility index (Phi) is 2.96. The Morgan fingerprint density at radius 3 is 3.20 bits per heavy atom. The minimum Gasteiger partial charge on any atom is -0.313 e. The minimum atomic E-state index is 0.921. The van der Waals surface area contributed by atoms with Crippen molar-refractivity contribution in [2.24, 2.45) is 0 Å². The van der Waals surface area contributed by atoms with E-state index in [-0.39, 0.29) is 0 Å². The molecule has 0 aromatic carbocycles. The van der Waals surface area contributed by atoms with Gasteiger partial charge in [-0.05, 0) is 13.0 Å². The summed E-state index contributed by atoms with van der Waals surface area (Å²) in [7, 11) is 0. The molecule has 56 valence electrons. The molecule has 0 bridgehead atoms. The summed E-state index contributed by atoms with van der Waals surface area (Å²) in [5.74, 6) is 0. The maximum Gasteiger partial charge on any atom is 0.0532 e. The van der Waals surface area contributed by atoms with Gasteiger partial charge < -0.3 is 5.32 Å². The molecule has 0 unspecified atom stereocenters. The van der Waals surface area contributed by atoms with Gasteiger partial charge in [-0.15, -0.1) is 0 Å². The lowest BCUT2D eigenvalue weighted by Gasteiger charge is -1.97. The predicted molar refractivity (Wildman–Crippen MR) is 40.6 cm³/mol. The number of aromatic amines is 1. The molecule has 0 aliphatic carbocycles. The van der Waals surface area contributed by atoms with Gasteiger partial charge in [0.15, 0.2) is 0 Å². The van der Waals surface area contributed by atoms with Crippen LogP contribution in [0.1, 0.15) is 18.9 Å². The van der Waals surface area contributed by atoms with Gasteiger partial charge in [-0.1, -0.05) is 6.92 Å². The Hall–Kier alpha value is -0.830. The average molecular weight is 139 g/mol. The molecular weight excluding hydrogens is 126 g/mol. The van der Waals surface area contributed by atoms with E-state index in [9.17, 15) is 0 Å². The summed E-state index contributed by atoms with van der Waals surface area (Å²) in [6.45, 7) is 4.15. The standard InChI is InChI=1S/C7H13N3/c1-2-3-8-4-7-5-9-10-6-7/h5-6,8H,2-4H2,1H3,(H,9,10). The molecule has 2 N–H and O–H groups in total. The molecule has 1 aromatic heterocycles. The lowest BCUT2D eigenvalue weighted by Crippen LogP contribution is -2.12. The summed E-state index contributed by atoms with van der Waals surface area (Å²) in [5.41, 5.74) is 1.22. The van der Waals surface area contributed by atoms with Crippen LogP contribution in [0, 0.1) is 0 Å². The minimum absolute atomic E-state index is 0.921. The fraction of sp³-hybridized carbons (Fsp3) is 0.571. The van der Waals surface area contributed by atoms with Crippen LogP contribution in [0.2, 0.25) is 0 Å². The van der Waals surface area contributed by atoms with Crippen LogP contribution in [-0.2, 0) is 6.54 Å². The fourth-order valence-corrected chi connectivity index (χ4v) is 0.784. The highest BCUT2D eigenvalue weighted by atomic mass is 15.1. The molecule has 3 heteroatoms. The second kappa shape index (κ2) is 4.06. The van der Waals surface area contributed by atoms with Crippen LogP contribution in [0.25, 0.3) is 0 Å². The largest absolute Gasteiger partial charge is 0.313 e. The molecule has 0 saturated heterocycles. The Morgan fingerprint density at radius 1 is 1.70 bits per heavy atom. The molecule has 0 aliphatic heterocycles. The van der Waals surface area contributed by atoms with Crippen LogP contribution in [0.3, 0.4) is 0 Å². The molecule has 0 atom stereocenters. The highest BCUT2D eigenvalue weighted by Crippen LogP contribution is 1.91. The van der Waals surface area contributed by atoms with Gasteiger partial charge in [0.1, 0.15) is 0 Å². The van der Waals surface area contributed by atoms with E-state index in [4.69, 9.17) is 0 Å². The van der Waals surface area contributed by atoms with Crippen LogP contribution in [0.4, 0.5) is 0 Å². The van der Waals surface area contributed by atoms with E-state index >= 15 is 0 Å². The van der Waals surface area contributed by atoms with Gasteiger partial charge in [0.05, 0.1) is 6.20 Å². The molecule has 1 rings (SSSR count). The van der Waals surface area contributed by atoms with E-state index in [1.165, 1.54) is 12.0 Å². The predicted octanol–water partition coefficient (Wildman–Crippen LogP) is 0.909. The summed E-state index contributed by atoms with van der Waals surface area (Å²) in [6, 6.07) is 0. The van der Waals surface area contributed by atoms with Crippen LogP contribution in [-0.4, -0.2) is 16.7 Å². The zero-order valence-corrected chi connectivity index (χ0v) is 6.22. The SMILES string of the molecule is CCCNCc1cn[nH]c1. The molecular formula is C7H13N3. The number of rotatable bonds is 4. The van der Waals surface area contributed by atoms with E-state index < -0.39 is 0 Å². The molecule has 0 saturated carbocycles. The van der Waals surface area contributed by atoms with Crippen LogP contribution < -0.4 is 5.32 Å². The van der Waals surface area contributed by atoms with Gasteiger partial charge in [0.2, 0.25) is 0 Å². The first-order valence-electron chi connectivity index (χ1n) is 3.62. The lowest BCUT2D eigenvalue weighted by molar-refractivity contribution is 0.676. The monoisotopic (exact) mass is 139 g/mol. The molecule has 1 aromatic rings. The molecule has 1 heterocycles. The molecule has 0 amide bonds. The third-order valence-electron chi connectivity index (χ3n) is 1.31. The summed E-state index contributed by atoms with van der Waals surface area (Å²) in [5, 5.41) is 9.88. The maximum atomic E-state index is 3.84. The Balaban J connectivity index is 2.15. The topological polar surface area (TPSA) is 40.7 Å². The van der Waals surface area contributed by atoms with Gasteiger partial charge in [0, 0.05) is 18.3 Å². The van der Waals surface area contributed by atoms with Crippen molar-refractivity contribution in [3.05, 3.63) is 18.0 Å². The van der Waals surface area contributed by atoms with Crippen LogP contribution >= 0.6 is 0 Å². The highest BCUT2D eigenvalue weighted by molar-refractivity contribution is 5.01. The molecule has 0 radical (unpaired) electrons. The van der Waals surface area contributed by atoms with Crippen molar-refractivity contribution in [1.82, 2.24) is 15.5 Å². The quantitative estimate of drug-likeness (QED) is 0.609. The third-order valence-corrected chi connectivity index (χ3v) is 1.31. The number of nitrogens with zero attached hydrogens (tertiary/aromatic N) is 1. The number of H-pyrrole nitrogens is 1. The zero-order chi connectivity index (χ0) is 7.23. The lowest BCUT2D eigenvalue weighted by atomic mass is 10.3. The van der Waals surface area contributed by atoms with Gasteiger partial charge in [-0.25, -0.2) is 0 Å². The first kappa shape index (κ1) is 7.28. The zero-order valence-electron chi connectivity index (χ0n) is 6.22. The van der Waals surface area contributed by atoms with Gasteiger partial charge >= 0.3 is 0 Å². The summed E-state index contributed by atoms with van der Waals surface area (Å²) in [4.78, 5) is 0. The van der Waals surface area contributed by atoms with Gasteiger partial charge in [-0.2, -0.15) is 5.10 Å². The summed E-state index contributed by atoms with van der Waals surface area (Å²) >= 11 is 0. The smallest absolute Gasteiger partial charge is 0.0532 e. The summed E-state index contributed by atoms with van der Waals surface area (Å²) in [6.07, 6.45) is 4.92. The third kappa shape index (κ3) is 2.19. The highest BCUT2D eigenvalue weighted by Gasteiger charge is 1.89. The summed E-state index contributed by atoms with van der Waals surface area (Å²) < 4.78 is 0. The number of aromatic nitrogens is 2. The van der Waals surface area contributed by atoms with Crippen molar-refractivity contribution in [3.8, 4) is 0 Å². The van der Waals surface area contributed by atoms with E-state index in [1.54, 1.807) is 0 Å². The van der Waals surface area contributed by atoms with Crippen molar-refractivity contribution in [1.29, 1.82) is 0 Å². The first-order valence-corrected chi connectivity index (χ1v) is 3.62. The number of nitrogens with one attached hydrogen (secondary N) is 2. The molecule has 0 fully saturated rings. The maximum absolute atomic E-state index is 3.84. The molecule has 0 aliphatic rings. The van der Waals surface area contributed by atoms with E-state index in [1.807, 2.05) is 12.4 Å². The van der Waals surface area contributed by atoms with E-state index in [0.29, 0.717) is 0 Å². The molecule has 0 spiro atoms. The second-order valence-electron chi connectivity index (χ2n) is 2.28. The normalized spacial score (nSPS) is 10.1. The Labute approximate surface area is 60.8 Å². The van der Waals surface area contributed by atoms with Crippen molar-refractivity contribution >= 4 is 0 Å². The second-order valence-corrected chi connectivity index (χ2v) is 2.28. The van der Waals surface area contributed by atoms with E-state index in [0.717, 1.165) is 13.1 Å². The first-order chi connectivity index (χ1) is 4.93. The van der Waals surface area contributed by atoms with E-state index in [2.05, 4.69) is 22.4 Å². The van der Waals surface area contributed by atoms with Crippen molar-refractivity contribution in [3.63, 3.8) is 0 Å². The number of hydrogen-bond donors (Lipinski definition) is 2. The fourth-order valence-electron chi connectivity index (χ4n) is 0.784. The van der Waals surface area contributed by atoms with Crippen LogP contribution in [0.15, 0.2) is 12.4 Å². The van der Waals surface area contributed by atoms with Crippen molar-refractivity contribution < 1.29 is 0 Å². The van der Waals surface area contributed by atoms with Crippen LogP contribution in [0.5, 0.6) is 0 Å². The van der Waals surface area contributed by atoms with Gasteiger partial charge in [0.25, 0.3) is 0 Å². The Morgan fingerprint density at radius 2 is 2.60 bits per heavy atom. The molecule has 3 nitrogen and oxygen atoms in total.